The van der Waals surface area contributed by atoms with Gasteiger partial charge < -0.3 is 10.4 Å². The van der Waals surface area contributed by atoms with Gasteiger partial charge in [-0.2, -0.15) is 12.6 Å². The molecule has 0 saturated heterocycles. The predicted molar refractivity (Wildman–Crippen MR) is 48.3 cm³/mol. The quantitative estimate of drug-likeness (QED) is 0.528. The van der Waals surface area contributed by atoms with E-state index in [2.05, 4.69) is 17.9 Å². The van der Waals surface area contributed by atoms with Gasteiger partial charge in [0.15, 0.2) is 0 Å². The lowest BCUT2D eigenvalue weighted by atomic mass is 10.2. The van der Waals surface area contributed by atoms with E-state index in [1.807, 2.05) is 0 Å². The molecule has 0 bridgehead atoms. The highest BCUT2D eigenvalue weighted by Crippen LogP contribution is 1.94. The molecule has 0 heterocycles. The Hall–Kier alpha value is -0.710. The molecule has 0 radical (unpaired) electrons. The third kappa shape index (κ3) is 7.40. The van der Waals surface area contributed by atoms with Gasteiger partial charge in [-0.15, -0.1) is 0 Å². The molecule has 12 heavy (non-hydrogen) atoms. The number of carboxylic acids is 1. The molecule has 0 aliphatic heterocycles. The number of rotatable bonds is 6. The molecule has 0 rings (SSSR count). The highest BCUT2D eigenvalue weighted by molar-refractivity contribution is 7.80. The molecule has 0 saturated carbocycles. The predicted octanol–water partition coefficient (Wildman–Crippen LogP) is 0.287. The summed E-state index contributed by atoms with van der Waals surface area (Å²) in [6.07, 6.45) is 0.724. The Morgan fingerprint density at radius 3 is 2.50 bits per heavy atom. The third-order valence-electron chi connectivity index (χ3n) is 1.23. The molecular weight excluding hydrogens is 178 g/mol. The zero-order chi connectivity index (χ0) is 9.40. The Morgan fingerprint density at radius 1 is 1.33 bits per heavy atom. The molecule has 0 atom stereocenters. The van der Waals surface area contributed by atoms with Crippen LogP contribution in [0, 0.1) is 0 Å². The van der Waals surface area contributed by atoms with Gasteiger partial charge in [0.25, 0.3) is 0 Å². The summed E-state index contributed by atoms with van der Waals surface area (Å²) >= 11 is 3.91. The normalized spacial score (nSPS) is 9.42. The van der Waals surface area contributed by atoms with Crippen LogP contribution in [0.1, 0.15) is 19.3 Å². The van der Waals surface area contributed by atoms with Crippen LogP contribution < -0.4 is 5.32 Å². The minimum absolute atomic E-state index is 0.0499. The van der Waals surface area contributed by atoms with Gasteiger partial charge in [0.05, 0.1) is 0 Å². The SMILES string of the molecule is O=C(O)CCCC(=O)NCCS. The fourth-order valence-corrected chi connectivity index (χ4v) is 0.796. The largest absolute Gasteiger partial charge is 0.481 e. The first-order valence-corrected chi connectivity index (χ1v) is 4.39. The second kappa shape index (κ2) is 6.97. The van der Waals surface area contributed by atoms with Crippen molar-refractivity contribution >= 4 is 24.5 Å². The van der Waals surface area contributed by atoms with Crippen molar-refractivity contribution < 1.29 is 14.7 Å². The number of aliphatic carboxylic acids is 1. The van der Waals surface area contributed by atoms with Gasteiger partial charge in [0.1, 0.15) is 0 Å². The second-order valence-corrected chi connectivity index (χ2v) is 2.77. The van der Waals surface area contributed by atoms with Gasteiger partial charge >= 0.3 is 5.97 Å². The molecular formula is C7H13NO3S. The summed E-state index contributed by atoms with van der Waals surface area (Å²) in [5, 5.41) is 10.9. The average Bonchev–Trinajstić information content (AvgIpc) is 2.00. The Bertz CT molecular complexity index is 161. The van der Waals surface area contributed by atoms with Gasteiger partial charge in [-0.3, -0.25) is 9.59 Å². The van der Waals surface area contributed by atoms with E-state index in [1.165, 1.54) is 0 Å². The van der Waals surface area contributed by atoms with Crippen LogP contribution in [0.4, 0.5) is 0 Å². The molecule has 0 aliphatic rings. The first-order valence-electron chi connectivity index (χ1n) is 3.76. The van der Waals surface area contributed by atoms with Crippen molar-refractivity contribution in [3.63, 3.8) is 0 Å². The lowest BCUT2D eigenvalue weighted by Crippen LogP contribution is -2.24. The zero-order valence-electron chi connectivity index (χ0n) is 6.75. The van der Waals surface area contributed by atoms with E-state index >= 15 is 0 Å². The van der Waals surface area contributed by atoms with Crippen molar-refractivity contribution in [1.29, 1.82) is 0 Å². The second-order valence-electron chi connectivity index (χ2n) is 2.32. The van der Waals surface area contributed by atoms with Crippen molar-refractivity contribution in [3.8, 4) is 0 Å². The van der Waals surface area contributed by atoms with Crippen molar-refractivity contribution in [3.05, 3.63) is 0 Å². The van der Waals surface area contributed by atoms with Crippen LogP contribution in [-0.2, 0) is 9.59 Å². The fourth-order valence-electron chi connectivity index (χ4n) is 0.684. The van der Waals surface area contributed by atoms with E-state index < -0.39 is 5.97 Å². The first kappa shape index (κ1) is 11.3. The van der Waals surface area contributed by atoms with Crippen LogP contribution in [0.25, 0.3) is 0 Å². The molecule has 0 spiro atoms. The van der Waals surface area contributed by atoms with E-state index in [0.29, 0.717) is 18.7 Å². The zero-order valence-corrected chi connectivity index (χ0v) is 7.64. The van der Waals surface area contributed by atoms with E-state index in [4.69, 9.17) is 5.11 Å². The summed E-state index contributed by atoms with van der Waals surface area (Å²) in [7, 11) is 0. The number of thiol groups is 1. The topological polar surface area (TPSA) is 66.4 Å². The summed E-state index contributed by atoms with van der Waals surface area (Å²) in [6.45, 7) is 0.537. The number of amides is 1. The number of carbonyl (C=O) groups is 2. The Morgan fingerprint density at radius 2 is 2.00 bits per heavy atom. The summed E-state index contributed by atoms with van der Waals surface area (Å²) in [5.74, 6) is -0.368. The van der Waals surface area contributed by atoms with Crippen LogP contribution >= 0.6 is 12.6 Å². The van der Waals surface area contributed by atoms with Gasteiger partial charge in [0.2, 0.25) is 5.91 Å². The minimum Gasteiger partial charge on any atom is -0.481 e. The van der Waals surface area contributed by atoms with Crippen LogP contribution in [-0.4, -0.2) is 29.3 Å². The highest BCUT2D eigenvalue weighted by atomic mass is 32.1. The van der Waals surface area contributed by atoms with Crippen LogP contribution in [0.3, 0.4) is 0 Å². The van der Waals surface area contributed by atoms with Gasteiger partial charge in [0, 0.05) is 25.1 Å². The van der Waals surface area contributed by atoms with Crippen LogP contribution in [0.2, 0.25) is 0 Å². The van der Waals surface area contributed by atoms with Crippen molar-refractivity contribution in [1.82, 2.24) is 5.32 Å². The van der Waals surface area contributed by atoms with Gasteiger partial charge in [-0.25, -0.2) is 0 Å². The molecule has 0 unspecified atom stereocenters. The molecule has 0 aliphatic carbocycles. The Labute approximate surface area is 76.8 Å². The number of carbonyl (C=O) groups excluding carboxylic acids is 1. The van der Waals surface area contributed by atoms with Crippen LogP contribution in [0.15, 0.2) is 0 Å². The Kier molecular flexibility index (Phi) is 6.55. The summed E-state index contributed by atoms with van der Waals surface area (Å²) in [5.41, 5.74) is 0. The molecule has 2 N–H and O–H groups in total. The van der Waals surface area contributed by atoms with E-state index in [0.717, 1.165) is 0 Å². The smallest absolute Gasteiger partial charge is 0.303 e. The van der Waals surface area contributed by atoms with E-state index in [-0.39, 0.29) is 18.7 Å². The number of carboxylic acid groups (broad SMARTS) is 1. The first-order chi connectivity index (χ1) is 5.66. The average molecular weight is 191 g/mol. The van der Waals surface area contributed by atoms with Crippen molar-refractivity contribution in [2.24, 2.45) is 0 Å². The maximum atomic E-state index is 10.8. The van der Waals surface area contributed by atoms with Gasteiger partial charge in [-0.1, -0.05) is 0 Å². The molecule has 0 fully saturated rings. The summed E-state index contributed by atoms with van der Waals surface area (Å²) in [4.78, 5) is 20.9. The molecule has 70 valence electrons. The maximum absolute atomic E-state index is 10.8. The molecule has 0 aromatic heterocycles. The molecule has 0 aromatic carbocycles. The lowest BCUT2D eigenvalue weighted by molar-refractivity contribution is -0.137. The maximum Gasteiger partial charge on any atom is 0.303 e. The molecule has 0 aromatic rings. The Balaban J connectivity index is 3.25. The van der Waals surface area contributed by atoms with Crippen molar-refractivity contribution in [2.45, 2.75) is 19.3 Å². The highest BCUT2D eigenvalue weighted by Gasteiger charge is 2.01. The monoisotopic (exact) mass is 191 g/mol. The number of hydrogen-bond donors (Lipinski definition) is 3. The van der Waals surface area contributed by atoms with Gasteiger partial charge in [-0.05, 0) is 6.42 Å². The van der Waals surface area contributed by atoms with Crippen molar-refractivity contribution in [2.75, 3.05) is 12.3 Å². The molecule has 4 nitrogen and oxygen atoms in total. The summed E-state index contributed by atoms with van der Waals surface area (Å²) < 4.78 is 0. The molecule has 1 amide bonds. The number of hydrogen-bond acceptors (Lipinski definition) is 3. The minimum atomic E-state index is -0.864. The molecule has 5 heteroatoms. The number of nitrogens with one attached hydrogen (secondary N) is 1. The lowest BCUT2D eigenvalue weighted by Gasteiger charge is -2.00. The van der Waals surface area contributed by atoms with E-state index in [1.54, 1.807) is 0 Å². The standard InChI is InChI=1S/C7H13NO3S/c9-6(8-4-5-12)2-1-3-7(10)11/h12H,1-5H2,(H,8,9)(H,10,11). The summed E-state index contributed by atoms with van der Waals surface area (Å²) in [6, 6.07) is 0. The van der Waals surface area contributed by atoms with E-state index in [9.17, 15) is 9.59 Å². The fraction of sp³-hybridized carbons (Fsp3) is 0.714. The third-order valence-corrected chi connectivity index (χ3v) is 1.45. The van der Waals surface area contributed by atoms with Crippen LogP contribution in [0.5, 0.6) is 0 Å².